The van der Waals surface area contributed by atoms with Crippen molar-refractivity contribution in [2.75, 3.05) is 33.0 Å². The number of benzene rings is 4. The van der Waals surface area contributed by atoms with Gasteiger partial charge in [0.2, 0.25) is 0 Å². The Morgan fingerprint density at radius 2 is 1.10 bits per heavy atom. The molecule has 1 fully saturated rings. The van der Waals surface area contributed by atoms with Gasteiger partial charge in [-0.15, -0.1) is 0 Å². The fourth-order valence-corrected chi connectivity index (χ4v) is 9.64. The number of unbranched alkanes of at least 4 members (excludes halogenated alkanes) is 2. The lowest BCUT2D eigenvalue weighted by atomic mass is 9.77. The minimum atomic E-state index is -0.651. The largest absolute Gasteiger partial charge is 0.493 e. The van der Waals surface area contributed by atoms with Gasteiger partial charge >= 0.3 is 11.9 Å². The average Bonchev–Trinajstić information content (AvgIpc) is 3.35. The number of hydrogen-bond donors (Lipinski definition) is 2. The number of ether oxygens (including phenoxy) is 3. The van der Waals surface area contributed by atoms with Gasteiger partial charge in [-0.25, -0.2) is 9.59 Å². The molecule has 5 rings (SSSR count). The standard InChI is InChI=1S/C60H80O7/c1-9-13-14-17-44-20-22-47(23-21-44)48-24-26-49(27-25-48)55-30-28-50(36-45(55)10-2)51-29-31-56(46(11-3)37-51)54-38-52(18-15-33-66-58(63)42(5)6)57(65-35-32-60(12-4,40-61)41-62)53(39-54)19-16-34-67-59(64)43(7)8/h24-31,36-39,44,47,61-62H,5,7,9-23,32-35,40-41H2,1-4,6,8H3. The smallest absolute Gasteiger partial charge is 0.333 e. The number of rotatable bonds is 27. The summed E-state index contributed by atoms with van der Waals surface area (Å²) >= 11 is 0. The molecule has 67 heavy (non-hydrogen) atoms. The first-order valence-electron chi connectivity index (χ1n) is 25.4. The Labute approximate surface area is 403 Å². The molecule has 0 aromatic heterocycles. The SMILES string of the molecule is C=C(C)C(=O)OCCCc1cc(-c2ccc(-c3ccc(-c4ccc(C5CCC(CCCCC)CC5)cc4)c(CC)c3)cc2CC)cc(CCCOC(=O)C(=C)C)c1OCCC(CC)(CO)CO. The molecule has 0 heterocycles. The van der Waals surface area contributed by atoms with Crippen LogP contribution in [-0.2, 0) is 44.7 Å². The van der Waals surface area contributed by atoms with Crippen LogP contribution in [0.2, 0.25) is 0 Å². The van der Waals surface area contributed by atoms with Gasteiger partial charge in [0, 0.05) is 16.6 Å². The van der Waals surface area contributed by atoms with Crippen molar-refractivity contribution in [3.8, 4) is 39.1 Å². The summed E-state index contributed by atoms with van der Waals surface area (Å²) in [5, 5.41) is 20.4. The van der Waals surface area contributed by atoms with Crippen molar-refractivity contribution in [1.82, 2.24) is 0 Å². The van der Waals surface area contributed by atoms with E-state index in [9.17, 15) is 19.8 Å². The van der Waals surface area contributed by atoms with Crippen molar-refractivity contribution in [3.63, 3.8) is 0 Å². The highest BCUT2D eigenvalue weighted by atomic mass is 16.5. The van der Waals surface area contributed by atoms with Crippen LogP contribution >= 0.6 is 0 Å². The predicted octanol–water partition coefficient (Wildman–Crippen LogP) is 13.9. The number of aliphatic hydroxyl groups is 2. The Morgan fingerprint density at radius 1 is 0.612 bits per heavy atom. The van der Waals surface area contributed by atoms with Crippen LogP contribution in [0.4, 0.5) is 0 Å². The summed E-state index contributed by atoms with van der Waals surface area (Å²) in [6.07, 6.45) is 16.0. The Bertz CT molecular complexity index is 2180. The summed E-state index contributed by atoms with van der Waals surface area (Å²) in [5.74, 6) is 1.50. The molecule has 1 saturated carbocycles. The molecule has 1 aliphatic rings. The van der Waals surface area contributed by atoms with Gasteiger partial charge in [-0.2, -0.15) is 0 Å². The Balaban J connectivity index is 1.44. The monoisotopic (exact) mass is 913 g/mol. The lowest BCUT2D eigenvalue weighted by Gasteiger charge is -2.29. The van der Waals surface area contributed by atoms with E-state index in [0.29, 0.717) is 62.2 Å². The molecule has 7 heteroatoms. The Hall–Kier alpha value is -4.98. The van der Waals surface area contributed by atoms with E-state index in [-0.39, 0.29) is 26.4 Å². The second-order valence-electron chi connectivity index (χ2n) is 19.2. The average molecular weight is 913 g/mol. The Morgan fingerprint density at radius 3 is 1.57 bits per heavy atom. The van der Waals surface area contributed by atoms with Gasteiger partial charge in [-0.1, -0.05) is 127 Å². The van der Waals surface area contributed by atoms with E-state index in [4.69, 9.17) is 14.2 Å². The van der Waals surface area contributed by atoms with Crippen LogP contribution in [0, 0.1) is 11.3 Å². The fourth-order valence-electron chi connectivity index (χ4n) is 9.64. The quantitative estimate of drug-likeness (QED) is 0.0349. The maximum Gasteiger partial charge on any atom is 0.333 e. The van der Waals surface area contributed by atoms with Gasteiger partial charge in [0.15, 0.2) is 0 Å². The second kappa shape index (κ2) is 26.5. The molecule has 7 nitrogen and oxygen atoms in total. The van der Waals surface area contributed by atoms with Gasteiger partial charge in [-0.05, 0) is 176 Å². The number of carbonyl (C=O) groups excluding carboxylic acids is 2. The zero-order chi connectivity index (χ0) is 48.3. The topological polar surface area (TPSA) is 102 Å². The lowest BCUT2D eigenvalue weighted by molar-refractivity contribution is -0.139. The van der Waals surface area contributed by atoms with Crippen molar-refractivity contribution in [1.29, 1.82) is 0 Å². The molecule has 0 aliphatic heterocycles. The molecule has 0 radical (unpaired) electrons. The van der Waals surface area contributed by atoms with Gasteiger partial charge in [-0.3, -0.25) is 0 Å². The zero-order valence-corrected chi connectivity index (χ0v) is 41.8. The third-order valence-electron chi connectivity index (χ3n) is 14.3. The van der Waals surface area contributed by atoms with E-state index in [1.807, 2.05) is 6.92 Å². The van der Waals surface area contributed by atoms with Crippen LogP contribution in [0.5, 0.6) is 5.75 Å². The molecule has 1 aliphatic carbocycles. The van der Waals surface area contributed by atoms with Crippen LogP contribution in [0.25, 0.3) is 33.4 Å². The summed E-state index contributed by atoms with van der Waals surface area (Å²) in [6, 6.07) is 27.5. The Kier molecular flexibility index (Phi) is 21.0. The number of carbonyl (C=O) groups is 2. The first-order chi connectivity index (χ1) is 32.4. The molecule has 0 spiro atoms. The molecule has 0 bridgehead atoms. The van der Waals surface area contributed by atoms with Crippen LogP contribution in [0.1, 0.15) is 152 Å². The van der Waals surface area contributed by atoms with Crippen molar-refractivity contribution in [2.45, 2.75) is 150 Å². The molecular formula is C60H80O7. The molecule has 362 valence electrons. The summed E-state index contributed by atoms with van der Waals surface area (Å²) in [6.45, 7) is 19.9. The lowest BCUT2D eigenvalue weighted by Crippen LogP contribution is -2.31. The van der Waals surface area contributed by atoms with Crippen LogP contribution in [-0.4, -0.2) is 55.2 Å². The maximum absolute atomic E-state index is 12.3. The van der Waals surface area contributed by atoms with E-state index < -0.39 is 17.4 Å². The molecular weight excluding hydrogens is 833 g/mol. The van der Waals surface area contributed by atoms with Gasteiger partial charge < -0.3 is 24.4 Å². The first-order valence-corrected chi connectivity index (χ1v) is 25.4. The van der Waals surface area contributed by atoms with Crippen molar-refractivity contribution >= 4 is 11.9 Å². The van der Waals surface area contributed by atoms with Gasteiger partial charge in [0.05, 0.1) is 33.0 Å². The minimum Gasteiger partial charge on any atom is -0.493 e. The highest BCUT2D eigenvalue weighted by molar-refractivity contribution is 5.87. The van der Waals surface area contributed by atoms with Crippen LogP contribution < -0.4 is 4.74 Å². The highest BCUT2D eigenvalue weighted by Gasteiger charge is 2.27. The second-order valence-corrected chi connectivity index (χ2v) is 19.2. The van der Waals surface area contributed by atoms with Crippen molar-refractivity contribution in [2.24, 2.45) is 11.3 Å². The van der Waals surface area contributed by atoms with Gasteiger partial charge in [0.25, 0.3) is 0 Å². The molecule has 4 aromatic rings. The van der Waals surface area contributed by atoms with E-state index in [1.165, 1.54) is 90.3 Å². The molecule has 0 saturated heterocycles. The molecule has 0 atom stereocenters. The van der Waals surface area contributed by atoms with E-state index in [1.54, 1.807) is 13.8 Å². The summed E-state index contributed by atoms with van der Waals surface area (Å²) in [5.41, 5.74) is 13.2. The zero-order valence-electron chi connectivity index (χ0n) is 41.8. The van der Waals surface area contributed by atoms with E-state index in [2.05, 4.69) is 107 Å². The number of hydrogen-bond acceptors (Lipinski definition) is 7. The highest BCUT2D eigenvalue weighted by Crippen LogP contribution is 2.40. The summed E-state index contributed by atoms with van der Waals surface area (Å²) < 4.78 is 17.6. The van der Waals surface area contributed by atoms with Crippen molar-refractivity contribution in [3.05, 3.63) is 125 Å². The third kappa shape index (κ3) is 14.8. The summed E-state index contributed by atoms with van der Waals surface area (Å²) in [7, 11) is 0. The number of aliphatic hydroxyl groups excluding tert-OH is 2. The van der Waals surface area contributed by atoms with Crippen LogP contribution in [0.15, 0.2) is 97.1 Å². The minimum absolute atomic E-state index is 0.141. The molecule has 0 amide bonds. The predicted molar refractivity (Wildman–Crippen MR) is 276 cm³/mol. The first kappa shape index (κ1) is 53.0. The number of aryl methyl sites for hydroxylation is 4. The molecule has 0 unspecified atom stereocenters. The third-order valence-corrected chi connectivity index (χ3v) is 14.3. The van der Waals surface area contributed by atoms with E-state index >= 15 is 0 Å². The van der Waals surface area contributed by atoms with Gasteiger partial charge in [0.1, 0.15) is 5.75 Å². The van der Waals surface area contributed by atoms with Crippen LogP contribution in [0.3, 0.4) is 0 Å². The van der Waals surface area contributed by atoms with Crippen molar-refractivity contribution < 1.29 is 34.0 Å². The number of esters is 2. The normalized spacial score (nSPS) is 15.0. The molecule has 2 N–H and O–H groups in total. The maximum atomic E-state index is 12.3. The summed E-state index contributed by atoms with van der Waals surface area (Å²) in [4.78, 5) is 24.5. The molecule has 4 aromatic carbocycles. The fraction of sp³-hybridized carbons (Fsp3) is 0.500. The van der Waals surface area contributed by atoms with E-state index in [0.717, 1.165) is 46.8 Å².